The van der Waals surface area contributed by atoms with E-state index in [2.05, 4.69) is 51.8 Å². The van der Waals surface area contributed by atoms with Crippen molar-refractivity contribution in [3.63, 3.8) is 0 Å². The molecule has 1 aromatic carbocycles. The van der Waals surface area contributed by atoms with Crippen molar-refractivity contribution in [2.24, 2.45) is 0 Å². The molecule has 0 atom stereocenters. The lowest BCUT2D eigenvalue weighted by Gasteiger charge is -2.36. The van der Waals surface area contributed by atoms with Crippen molar-refractivity contribution in [1.82, 2.24) is 9.97 Å². The summed E-state index contributed by atoms with van der Waals surface area (Å²) in [6.45, 7) is 10.3. The molecule has 0 bridgehead atoms. The Morgan fingerprint density at radius 2 is 1.43 bits per heavy atom. The van der Waals surface area contributed by atoms with Gasteiger partial charge in [0.15, 0.2) is 0 Å². The SMILES string of the molecule is Cc1cnc(N2CCN(c3cc(C)ccc3C)CC2)nc1. The number of anilines is 2. The van der Waals surface area contributed by atoms with E-state index in [1.165, 1.54) is 16.8 Å². The predicted molar refractivity (Wildman–Crippen MR) is 87.1 cm³/mol. The Hall–Kier alpha value is -2.10. The predicted octanol–water partition coefficient (Wildman–Crippen LogP) is 2.73. The molecule has 0 N–H and O–H groups in total. The molecular formula is C17H22N4. The maximum Gasteiger partial charge on any atom is 0.225 e. The van der Waals surface area contributed by atoms with E-state index in [4.69, 9.17) is 0 Å². The molecule has 0 unspecified atom stereocenters. The lowest BCUT2D eigenvalue weighted by Crippen LogP contribution is -2.47. The number of piperazine rings is 1. The second-order valence-corrected chi connectivity index (χ2v) is 5.82. The number of nitrogens with zero attached hydrogens (tertiary/aromatic N) is 4. The first-order valence-electron chi connectivity index (χ1n) is 7.49. The Labute approximate surface area is 126 Å². The van der Waals surface area contributed by atoms with Crippen LogP contribution in [0.3, 0.4) is 0 Å². The highest BCUT2D eigenvalue weighted by Crippen LogP contribution is 2.23. The third kappa shape index (κ3) is 2.99. The average Bonchev–Trinajstić information content (AvgIpc) is 2.51. The lowest BCUT2D eigenvalue weighted by atomic mass is 10.1. The van der Waals surface area contributed by atoms with Crippen LogP contribution in [-0.2, 0) is 0 Å². The molecule has 0 spiro atoms. The van der Waals surface area contributed by atoms with E-state index in [-0.39, 0.29) is 0 Å². The second-order valence-electron chi connectivity index (χ2n) is 5.82. The summed E-state index contributed by atoms with van der Waals surface area (Å²) in [5.41, 5.74) is 5.13. The average molecular weight is 282 g/mol. The first-order valence-corrected chi connectivity index (χ1v) is 7.49. The Balaban J connectivity index is 1.70. The van der Waals surface area contributed by atoms with E-state index in [0.717, 1.165) is 37.7 Å². The zero-order chi connectivity index (χ0) is 14.8. The van der Waals surface area contributed by atoms with E-state index < -0.39 is 0 Å². The van der Waals surface area contributed by atoms with Crippen molar-refractivity contribution in [3.05, 3.63) is 47.3 Å². The Bertz CT molecular complexity index is 613. The molecule has 1 aromatic heterocycles. The largest absolute Gasteiger partial charge is 0.368 e. The van der Waals surface area contributed by atoms with Crippen LogP contribution in [0.2, 0.25) is 0 Å². The Morgan fingerprint density at radius 1 is 0.810 bits per heavy atom. The molecule has 110 valence electrons. The first kappa shape index (κ1) is 13.9. The van der Waals surface area contributed by atoms with Crippen molar-refractivity contribution < 1.29 is 0 Å². The van der Waals surface area contributed by atoms with Gasteiger partial charge in [-0.3, -0.25) is 0 Å². The van der Waals surface area contributed by atoms with Gasteiger partial charge in [-0.2, -0.15) is 0 Å². The van der Waals surface area contributed by atoms with E-state index in [1.54, 1.807) is 0 Å². The van der Waals surface area contributed by atoms with Crippen LogP contribution in [0.1, 0.15) is 16.7 Å². The zero-order valence-electron chi connectivity index (χ0n) is 13.0. The van der Waals surface area contributed by atoms with Gasteiger partial charge in [0.25, 0.3) is 0 Å². The Morgan fingerprint density at radius 3 is 2.10 bits per heavy atom. The van der Waals surface area contributed by atoms with Gasteiger partial charge >= 0.3 is 0 Å². The summed E-state index contributed by atoms with van der Waals surface area (Å²) in [5, 5.41) is 0. The van der Waals surface area contributed by atoms with Crippen molar-refractivity contribution >= 4 is 11.6 Å². The third-order valence-electron chi connectivity index (χ3n) is 4.04. The van der Waals surface area contributed by atoms with Crippen LogP contribution in [0.5, 0.6) is 0 Å². The van der Waals surface area contributed by atoms with Crippen LogP contribution < -0.4 is 9.80 Å². The second kappa shape index (κ2) is 5.72. The van der Waals surface area contributed by atoms with Gasteiger partial charge in [-0.25, -0.2) is 9.97 Å². The van der Waals surface area contributed by atoms with E-state index >= 15 is 0 Å². The molecule has 4 nitrogen and oxygen atoms in total. The first-order chi connectivity index (χ1) is 10.1. The molecule has 1 saturated heterocycles. The number of rotatable bonds is 2. The number of aromatic nitrogens is 2. The maximum absolute atomic E-state index is 4.43. The highest BCUT2D eigenvalue weighted by Gasteiger charge is 2.20. The molecule has 21 heavy (non-hydrogen) atoms. The lowest BCUT2D eigenvalue weighted by molar-refractivity contribution is 0.638. The fourth-order valence-corrected chi connectivity index (χ4v) is 2.76. The van der Waals surface area contributed by atoms with E-state index in [9.17, 15) is 0 Å². The van der Waals surface area contributed by atoms with Crippen LogP contribution in [0.25, 0.3) is 0 Å². The van der Waals surface area contributed by atoms with Crippen molar-refractivity contribution in [1.29, 1.82) is 0 Å². The van der Waals surface area contributed by atoms with Gasteiger partial charge in [-0.15, -0.1) is 0 Å². The van der Waals surface area contributed by atoms with Gasteiger partial charge in [0, 0.05) is 44.3 Å². The zero-order valence-corrected chi connectivity index (χ0v) is 13.0. The summed E-state index contributed by atoms with van der Waals surface area (Å²) < 4.78 is 0. The van der Waals surface area contributed by atoms with Crippen LogP contribution in [0, 0.1) is 20.8 Å². The van der Waals surface area contributed by atoms with Crippen LogP contribution in [0.15, 0.2) is 30.6 Å². The van der Waals surface area contributed by atoms with Gasteiger partial charge in [0.1, 0.15) is 0 Å². The van der Waals surface area contributed by atoms with Gasteiger partial charge in [-0.1, -0.05) is 12.1 Å². The van der Waals surface area contributed by atoms with Gasteiger partial charge in [-0.05, 0) is 43.5 Å². The molecule has 1 fully saturated rings. The van der Waals surface area contributed by atoms with Crippen LogP contribution in [0.4, 0.5) is 11.6 Å². The molecule has 2 heterocycles. The van der Waals surface area contributed by atoms with Gasteiger partial charge in [0.2, 0.25) is 5.95 Å². The summed E-state index contributed by atoms with van der Waals surface area (Å²) in [6.07, 6.45) is 3.78. The van der Waals surface area contributed by atoms with E-state index in [0.29, 0.717) is 0 Å². The molecular weight excluding hydrogens is 260 g/mol. The van der Waals surface area contributed by atoms with E-state index in [1.807, 2.05) is 19.3 Å². The molecule has 1 aliphatic heterocycles. The number of hydrogen-bond donors (Lipinski definition) is 0. The van der Waals surface area contributed by atoms with Crippen LogP contribution in [-0.4, -0.2) is 36.1 Å². The summed E-state index contributed by atoms with van der Waals surface area (Å²) in [4.78, 5) is 13.6. The molecule has 2 aromatic rings. The summed E-state index contributed by atoms with van der Waals surface area (Å²) in [6, 6.07) is 6.67. The molecule has 0 saturated carbocycles. The van der Waals surface area contributed by atoms with Crippen LogP contribution >= 0.6 is 0 Å². The summed E-state index contributed by atoms with van der Waals surface area (Å²) >= 11 is 0. The van der Waals surface area contributed by atoms with Crippen molar-refractivity contribution in [2.45, 2.75) is 20.8 Å². The topological polar surface area (TPSA) is 32.3 Å². The number of aryl methyl sites for hydroxylation is 3. The minimum Gasteiger partial charge on any atom is -0.368 e. The highest BCUT2D eigenvalue weighted by molar-refractivity contribution is 5.56. The minimum atomic E-state index is 0.848. The quantitative estimate of drug-likeness (QED) is 0.848. The number of hydrogen-bond acceptors (Lipinski definition) is 4. The smallest absolute Gasteiger partial charge is 0.225 e. The standard InChI is InChI=1S/C17H22N4/c1-13-4-5-15(3)16(10-13)20-6-8-21(9-7-20)17-18-11-14(2)12-19-17/h4-5,10-12H,6-9H2,1-3H3. The van der Waals surface area contributed by atoms with Crippen molar-refractivity contribution in [2.75, 3.05) is 36.0 Å². The van der Waals surface area contributed by atoms with Gasteiger partial charge < -0.3 is 9.80 Å². The fraction of sp³-hybridized carbons (Fsp3) is 0.412. The summed E-state index contributed by atoms with van der Waals surface area (Å²) in [5.74, 6) is 0.848. The molecule has 1 aliphatic rings. The third-order valence-corrected chi connectivity index (χ3v) is 4.04. The maximum atomic E-state index is 4.43. The summed E-state index contributed by atoms with van der Waals surface area (Å²) in [7, 11) is 0. The number of benzene rings is 1. The fourth-order valence-electron chi connectivity index (χ4n) is 2.76. The molecule has 0 amide bonds. The normalized spacial score (nSPS) is 15.4. The highest BCUT2D eigenvalue weighted by atomic mass is 15.3. The molecule has 3 rings (SSSR count). The molecule has 0 aliphatic carbocycles. The minimum absolute atomic E-state index is 0.848. The molecule has 4 heteroatoms. The van der Waals surface area contributed by atoms with Gasteiger partial charge in [0.05, 0.1) is 0 Å². The monoisotopic (exact) mass is 282 g/mol. The van der Waals surface area contributed by atoms with Crippen molar-refractivity contribution in [3.8, 4) is 0 Å². The molecule has 0 radical (unpaired) electrons. The Kier molecular flexibility index (Phi) is 3.78.